The number of carbonyl (C=O) groups is 1. The Hall–Kier alpha value is -1.39. The molecule has 1 unspecified atom stereocenters. The predicted molar refractivity (Wildman–Crippen MR) is 76.5 cm³/mol. The molecule has 4 nitrogen and oxygen atoms in total. The maximum Gasteiger partial charge on any atom is 0.224 e. The third kappa shape index (κ3) is 5.01. The summed E-state index contributed by atoms with van der Waals surface area (Å²) in [7, 11) is 0. The van der Waals surface area contributed by atoms with Crippen molar-refractivity contribution in [3.8, 4) is 0 Å². The molecule has 0 fully saturated rings. The summed E-state index contributed by atoms with van der Waals surface area (Å²) >= 11 is 0. The lowest BCUT2D eigenvalue weighted by Crippen LogP contribution is -2.45. The van der Waals surface area contributed by atoms with Gasteiger partial charge in [0.25, 0.3) is 0 Å². The fourth-order valence-electron chi connectivity index (χ4n) is 2.05. The lowest BCUT2D eigenvalue weighted by Gasteiger charge is -2.22. The zero-order valence-electron chi connectivity index (χ0n) is 11.7. The van der Waals surface area contributed by atoms with E-state index in [1.807, 2.05) is 44.2 Å². The molecule has 4 heteroatoms. The molecule has 1 amide bonds. The number of aliphatic hydroxyl groups is 1. The number of rotatable bonds is 7. The van der Waals surface area contributed by atoms with Gasteiger partial charge in [-0.2, -0.15) is 0 Å². The Morgan fingerprint density at radius 1 is 1.32 bits per heavy atom. The number of aliphatic hydroxyl groups excluding tert-OH is 1. The van der Waals surface area contributed by atoms with E-state index in [-0.39, 0.29) is 30.4 Å². The van der Waals surface area contributed by atoms with Crippen molar-refractivity contribution in [2.75, 3.05) is 13.2 Å². The number of carbonyl (C=O) groups excluding carboxylic acids is 1. The van der Waals surface area contributed by atoms with Gasteiger partial charge in [0, 0.05) is 6.54 Å². The van der Waals surface area contributed by atoms with Gasteiger partial charge in [-0.3, -0.25) is 4.79 Å². The molecule has 0 spiro atoms. The van der Waals surface area contributed by atoms with Crippen LogP contribution in [0.15, 0.2) is 30.3 Å². The molecule has 0 heterocycles. The Labute approximate surface area is 115 Å². The van der Waals surface area contributed by atoms with Gasteiger partial charge in [-0.1, -0.05) is 44.2 Å². The van der Waals surface area contributed by atoms with E-state index in [0.717, 1.165) is 5.56 Å². The standard InChI is InChI=1S/C15H24N2O2/c1-11(2)14(9-16)15(19)17-13(10-18)8-12-6-4-3-5-7-12/h3-7,11,13-14,18H,8-10,16H2,1-2H3,(H,17,19)/t13-,14?/m0/s1. The first-order valence-electron chi connectivity index (χ1n) is 6.73. The monoisotopic (exact) mass is 264 g/mol. The van der Waals surface area contributed by atoms with Crippen molar-refractivity contribution >= 4 is 5.91 Å². The molecule has 0 aliphatic carbocycles. The van der Waals surface area contributed by atoms with Crippen LogP contribution in [0.25, 0.3) is 0 Å². The lowest BCUT2D eigenvalue weighted by atomic mass is 9.94. The molecule has 4 N–H and O–H groups in total. The third-order valence-corrected chi connectivity index (χ3v) is 3.29. The molecule has 0 bridgehead atoms. The maximum absolute atomic E-state index is 12.1. The quantitative estimate of drug-likeness (QED) is 0.686. The summed E-state index contributed by atoms with van der Waals surface area (Å²) in [5.74, 6) is -0.0848. The van der Waals surface area contributed by atoms with Gasteiger partial charge in [-0.15, -0.1) is 0 Å². The van der Waals surface area contributed by atoms with E-state index in [1.165, 1.54) is 0 Å². The average molecular weight is 264 g/mol. The SMILES string of the molecule is CC(C)C(CN)C(=O)N[C@H](CO)Cc1ccccc1. The van der Waals surface area contributed by atoms with Crippen molar-refractivity contribution in [3.63, 3.8) is 0 Å². The van der Waals surface area contributed by atoms with Crippen LogP contribution < -0.4 is 11.1 Å². The molecular formula is C15H24N2O2. The molecule has 106 valence electrons. The zero-order valence-corrected chi connectivity index (χ0v) is 11.7. The molecule has 0 radical (unpaired) electrons. The molecule has 0 saturated carbocycles. The first-order chi connectivity index (χ1) is 9.08. The maximum atomic E-state index is 12.1. The highest BCUT2D eigenvalue weighted by Crippen LogP contribution is 2.10. The Kier molecular flexibility index (Phi) is 6.53. The summed E-state index contributed by atoms with van der Waals surface area (Å²) in [6.45, 7) is 4.20. The highest BCUT2D eigenvalue weighted by Gasteiger charge is 2.22. The number of benzene rings is 1. The van der Waals surface area contributed by atoms with Gasteiger partial charge in [0.05, 0.1) is 18.6 Å². The smallest absolute Gasteiger partial charge is 0.224 e. The molecule has 19 heavy (non-hydrogen) atoms. The van der Waals surface area contributed by atoms with E-state index in [4.69, 9.17) is 5.73 Å². The van der Waals surface area contributed by atoms with Gasteiger partial charge in [0.1, 0.15) is 0 Å². The normalized spacial score (nSPS) is 14.2. The molecule has 0 aliphatic rings. The molecule has 1 aromatic rings. The minimum atomic E-state index is -0.261. The van der Waals surface area contributed by atoms with Crippen LogP contribution in [0.4, 0.5) is 0 Å². The van der Waals surface area contributed by atoms with E-state index in [0.29, 0.717) is 13.0 Å². The van der Waals surface area contributed by atoms with Crippen LogP contribution in [0.5, 0.6) is 0 Å². The number of hydrogen-bond donors (Lipinski definition) is 3. The van der Waals surface area contributed by atoms with E-state index in [2.05, 4.69) is 5.32 Å². The van der Waals surface area contributed by atoms with Crippen molar-refractivity contribution in [2.24, 2.45) is 17.6 Å². The fraction of sp³-hybridized carbons (Fsp3) is 0.533. The molecule has 2 atom stereocenters. The Morgan fingerprint density at radius 2 is 1.95 bits per heavy atom. The molecule has 1 aromatic carbocycles. The van der Waals surface area contributed by atoms with E-state index < -0.39 is 0 Å². The van der Waals surface area contributed by atoms with Crippen molar-refractivity contribution < 1.29 is 9.90 Å². The van der Waals surface area contributed by atoms with Gasteiger partial charge in [0.2, 0.25) is 5.91 Å². The van der Waals surface area contributed by atoms with Crippen molar-refractivity contribution in [1.82, 2.24) is 5.32 Å². The second-order valence-corrected chi connectivity index (χ2v) is 5.16. The third-order valence-electron chi connectivity index (χ3n) is 3.29. The van der Waals surface area contributed by atoms with Crippen LogP contribution in [0, 0.1) is 11.8 Å². The summed E-state index contributed by atoms with van der Waals surface area (Å²) in [6, 6.07) is 9.54. The Balaban J connectivity index is 2.59. The largest absolute Gasteiger partial charge is 0.394 e. The number of amides is 1. The topological polar surface area (TPSA) is 75.4 Å². The fourth-order valence-corrected chi connectivity index (χ4v) is 2.05. The number of nitrogens with one attached hydrogen (secondary N) is 1. The molecule has 0 aromatic heterocycles. The van der Waals surface area contributed by atoms with Crippen molar-refractivity contribution in [1.29, 1.82) is 0 Å². The van der Waals surface area contributed by atoms with Gasteiger partial charge < -0.3 is 16.2 Å². The Morgan fingerprint density at radius 3 is 2.42 bits per heavy atom. The van der Waals surface area contributed by atoms with Crippen LogP contribution in [0.1, 0.15) is 19.4 Å². The number of hydrogen-bond acceptors (Lipinski definition) is 3. The minimum absolute atomic E-state index is 0.0734. The second-order valence-electron chi connectivity index (χ2n) is 5.16. The zero-order chi connectivity index (χ0) is 14.3. The van der Waals surface area contributed by atoms with Crippen molar-refractivity contribution in [3.05, 3.63) is 35.9 Å². The summed E-state index contributed by atoms with van der Waals surface area (Å²) in [5, 5.41) is 12.3. The lowest BCUT2D eigenvalue weighted by molar-refractivity contribution is -0.127. The van der Waals surface area contributed by atoms with Crippen LogP contribution in [0.3, 0.4) is 0 Å². The van der Waals surface area contributed by atoms with Gasteiger partial charge >= 0.3 is 0 Å². The van der Waals surface area contributed by atoms with Crippen molar-refractivity contribution in [2.45, 2.75) is 26.3 Å². The van der Waals surface area contributed by atoms with Gasteiger partial charge in [-0.25, -0.2) is 0 Å². The number of nitrogens with two attached hydrogens (primary N) is 1. The first-order valence-corrected chi connectivity index (χ1v) is 6.73. The van der Waals surface area contributed by atoms with Crippen LogP contribution in [-0.4, -0.2) is 30.2 Å². The highest BCUT2D eigenvalue weighted by molar-refractivity contribution is 5.79. The summed E-state index contributed by atoms with van der Waals surface area (Å²) in [5.41, 5.74) is 6.71. The molecular weight excluding hydrogens is 240 g/mol. The highest BCUT2D eigenvalue weighted by atomic mass is 16.3. The van der Waals surface area contributed by atoms with E-state index >= 15 is 0 Å². The van der Waals surface area contributed by atoms with Crippen LogP contribution in [-0.2, 0) is 11.2 Å². The van der Waals surface area contributed by atoms with Crippen LogP contribution >= 0.6 is 0 Å². The second kappa shape index (κ2) is 7.92. The van der Waals surface area contributed by atoms with Crippen LogP contribution in [0.2, 0.25) is 0 Å². The Bertz CT molecular complexity index is 379. The molecule has 0 aliphatic heterocycles. The summed E-state index contributed by atoms with van der Waals surface area (Å²) in [6.07, 6.45) is 0.623. The minimum Gasteiger partial charge on any atom is -0.394 e. The van der Waals surface area contributed by atoms with E-state index in [9.17, 15) is 9.90 Å². The first kappa shape index (κ1) is 15.7. The summed E-state index contributed by atoms with van der Waals surface area (Å²) < 4.78 is 0. The average Bonchev–Trinajstić information content (AvgIpc) is 2.39. The molecule has 0 saturated heterocycles. The predicted octanol–water partition coefficient (Wildman–Crippen LogP) is 0.937. The van der Waals surface area contributed by atoms with Gasteiger partial charge in [-0.05, 0) is 17.9 Å². The molecule has 1 rings (SSSR count). The summed E-state index contributed by atoms with van der Waals surface area (Å²) in [4.78, 5) is 12.1. The van der Waals surface area contributed by atoms with E-state index in [1.54, 1.807) is 0 Å². The van der Waals surface area contributed by atoms with Gasteiger partial charge in [0.15, 0.2) is 0 Å².